The van der Waals surface area contributed by atoms with Gasteiger partial charge in [-0.25, -0.2) is 18.0 Å². The number of rotatable bonds is 8. The van der Waals surface area contributed by atoms with E-state index in [0.717, 1.165) is 17.7 Å². The monoisotopic (exact) mass is 563 g/mol. The fraction of sp³-hybridized carbons (Fsp3) is 0.259. The van der Waals surface area contributed by atoms with E-state index in [1.807, 2.05) is 30.3 Å². The van der Waals surface area contributed by atoms with Crippen LogP contribution >= 0.6 is 0 Å². The normalized spacial score (nSPS) is 12.8. The van der Waals surface area contributed by atoms with Gasteiger partial charge in [-0.2, -0.15) is 13.2 Å². The Morgan fingerprint density at radius 1 is 0.846 bits per heavy atom. The lowest BCUT2D eigenvalue weighted by molar-refractivity contribution is -0.157. The first-order valence-corrected chi connectivity index (χ1v) is 13.3. The standard InChI is InChI=1S/C27H28F3N3O5S/c1-26(2,3)38-24(34)23(17-18-7-5-4-6-8-18)32-25(35)31-20-11-13-21(14-12-20)33-39(36,37)22-15-9-19(10-16-22)27(28,29)30/h4-16,23,33H,17H2,1-3H3,(H2,31,32,35)/t23-/m0/s1. The molecule has 208 valence electrons. The van der Waals surface area contributed by atoms with Crippen LogP contribution in [-0.4, -0.2) is 32.1 Å². The van der Waals surface area contributed by atoms with E-state index in [0.29, 0.717) is 17.8 Å². The maximum Gasteiger partial charge on any atom is 0.416 e. The number of esters is 1. The van der Waals surface area contributed by atoms with E-state index in [1.165, 1.54) is 24.3 Å². The number of anilines is 2. The van der Waals surface area contributed by atoms with Gasteiger partial charge in [0.2, 0.25) is 0 Å². The number of nitrogens with one attached hydrogen (secondary N) is 3. The van der Waals surface area contributed by atoms with Crippen molar-refractivity contribution in [2.45, 2.75) is 49.9 Å². The fourth-order valence-electron chi connectivity index (χ4n) is 3.40. The molecule has 0 unspecified atom stereocenters. The number of hydrogen-bond donors (Lipinski definition) is 3. The van der Waals surface area contributed by atoms with E-state index in [-0.39, 0.29) is 17.0 Å². The van der Waals surface area contributed by atoms with Crippen LogP contribution in [0.1, 0.15) is 31.9 Å². The maximum absolute atomic E-state index is 12.7. The molecule has 0 saturated carbocycles. The molecule has 3 aromatic rings. The van der Waals surface area contributed by atoms with Crippen molar-refractivity contribution >= 4 is 33.4 Å². The van der Waals surface area contributed by atoms with Crippen LogP contribution < -0.4 is 15.4 Å². The number of sulfonamides is 1. The van der Waals surface area contributed by atoms with Crippen molar-refractivity contribution < 1.29 is 35.9 Å². The van der Waals surface area contributed by atoms with Crippen LogP contribution in [0.2, 0.25) is 0 Å². The van der Waals surface area contributed by atoms with E-state index in [2.05, 4.69) is 15.4 Å². The molecule has 3 aromatic carbocycles. The van der Waals surface area contributed by atoms with Gasteiger partial charge in [0.25, 0.3) is 10.0 Å². The minimum Gasteiger partial charge on any atom is -0.458 e. The van der Waals surface area contributed by atoms with E-state index in [9.17, 15) is 31.2 Å². The largest absolute Gasteiger partial charge is 0.458 e. The second-order valence-electron chi connectivity index (χ2n) is 9.58. The van der Waals surface area contributed by atoms with Gasteiger partial charge in [-0.1, -0.05) is 30.3 Å². The molecule has 2 amide bonds. The molecule has 0 saturated heterocycles. The number of halogens is 3. The topological polar surface area (TPSA) is 114 Å². The minimum absolute atomic E-state index is 0.122. The summed E-state index contributed by atoms with van der Waals surface area (Å²) in [6.07, 6.45) is -4.38. The lowest BCUT2D eigenvalue weighted by Gasteiger charge is -2.24. The number of alkyl halides is 3. The second kappa shape index (κ2) is 11.8. The Hall–Kier alpha value is -4.06. The number of benzene rings is 3. The van der Waals surface area contributed by atoms with Crippen molar-refractivity contribution in [3.05, 3.63) is 90.0 Å². The van der Waals surface area contributed by atoms with Crippen LogP contribution in [0.3, 0.4) is 0 Å². The van der Waals surface area contributed by atoms with Gasteiger partial charge in [0.05, 0.1) is 10.5 Å². The van der Waals surface area contributed by atoms with Crippen LogP contribution in [0.15, 0.2) is 83.8 Å². The zero-order chi connectivity index (χ0) is 28.8. The third-order valence-corrected chi connectivity index (χ3v) is 6.56. The third kappa shape index (κ3) is 9.02. The van der Waals surface area contributed by atoms with Crippen molar-refractivity contribution in [1.82, 2.24) is 5.32 Å². The van der Waals surface area contributed by atoms with Gasteiger partial charge in [-0.05, 0) is 74.9 Å². The number of carbonyl (C=O) groups excluding carboxylic acids is 2. The van der Waals surface area contributed by atoms with Gasteiger partial charge in [0.1, 0.15) is 11.6 Å². The highest BCUT2D eigenvalue weighted by Crippen LogP contribution is 2.30. The highest BCUT2D eigenvalue weighted by atomic mass is 32.2. The smallest absolute Gasteiger partial charge is 0.416 e. The number of urea groups is 1. The summed E-state index contributed by atoms with van der Waals surface area (Å²) < 4.78 is 71.0. The number of hydrogen-bond acceptors (Lipinski definition) is 5. The van der Waals surface area contributed by atoms with Crippen LogP contribution in [0.25, 0.3) is 0 Å². The van der Waals surface area contributed by atoms with Crippen LogP contribution in [0, 0.1) is 0 Å². The van der Waals surface area contributed by atoms with E-state index in [1.54, 1.807) is 20.8 Å². The summed E-state index contributed by atoms with van der Waals surface area (Å²) in [6, 6.07) is 16.1. The van der Waals surface area contributed by atoms with Gasteiger partial charge < -0.3 is 15.4 Å². The summed E-state index contributed by atoms with van der Waals surface area (Å²) in [7, 11) is -4.15. The molecule has 0 spiro atoms. The molecule has 8 nitrogen and oxygen atoms in total. The maximum atomic E-state index is 12.7. The minimum atomic E-state index is -4.58. The molecule has 39 heavy (non-hydrogen) atoms. The first-order chi connectivity index (χ1) is 18.1. The first-order valence-electron chi connectivity index (χ1n) is 11.8. The quantitative estimate of drug-likeness (QED) is 0.310. The number of ether oxygens (including phenoxy) is 1. The summed E-state index contributed by atoms with van der Waals surface area (Å²) in [5.41, 5.74) is -0.483. The molecule has 0 aliphatic carbocycles. The van der Waals surface area contributed by atoms with E-state index in [4.69, 9.17) is 4.74 Å². The van der Waals surface area contributed by atoms with Crippen molar-refractivity contribution in [2.24, 2.45) is 0 Å². The molecule has 0 fully saturated rings. The predicted octanol–water partition coefficient (Wildman–Crippen LogP) is 5.58. The zero-order valence-electron chi connectivity index (χ0n) is 21.4. The van der Waals surface area contributed by atoms with Crippen LogP contribution in [0.4, 0.5) is 29.3 Å². The molecule has 3 N–H and O–H groups in total. The molecular weight excluding hydrogens is 535 g/mol. The summed E-state index contributed by atoms with van der Waals surface area (Å²) in [5, 5.41) is 5.19. The molecule has 0 aromatic heterocycles. The Morgan fingerprint density at radius 2 is 1.41 bits per heavy atom. The predicted molar refractivity (Wildman–Crippen MR) is 141 cm³/mol. The SMILES string of the molecule is CC(C)(C)OC(=O)[C@H](Cc1ccccc1)NC(=O)Nc1ccc(NS(=O)(=O)c2ccc(C(F)(F)F)cc2)cc1. The van der Waals surface area contributed by atoms with E-state index >= 15 is 0 Å². The van der Waals surface area contributed by atoms with Crippen molar-refractivity contribution in [2.75, 3.05) is 10.0 Å². The van der Waals surface area contributed by atoms with Crippen molar-refractivity contribution in [3.8, 4) is 0 Å². The summed E-state index contributed by atoms with van der Waals surface area (Å²) >= 11 is 0. The average molecular weight is 564 g/mol. The molecule has 0 radical (unpaired) electrons. The van der Waals surface area contributed by atoms with Crippen LogP contribution in [-0.2, 0) is 32.2 Å². The van der Waals surface area contributed by atoms with Crippen LogP contribution in [0.5, 0.6) is 0 Å². The highest BCUT2D eigenvalue weighted by molar-refractivity contribution is 7.92. The molecule has 0 heterocycles. The highest BCUT2D eigenvalue weighted by Gasteiger charge is 2.31. The van der Waals surface area contributed by atoms with Gasteiger partial charge in [-0.3, -0.25) is 4.72 Å². The molecule has 0 aliphatic rings. The van der Waals surface area contributed by atoms with Crippen molar-refractivity contribution in [1.29, 1.82) is 0 Å². The zero-order valence-corrected chi connectivity index (χ0v) is 22.2. The Morgan fingerprint density at radius 3 is 1.95 bits per heavy atom. The second-order valence-corrected chi connectivity index (χ2v) is 11.3. The Kier molecular flexibility index (Phi) is 8.90. The molecule has 1 atom stereocenters. The average Bonchev–Trinajstić information content (AvgIpc) is 2.84. The first kappa shape index (κ1) is 29.5. The lowest BCUT2D eigenvalue weighted by Crippen LogP contribution is -2.47. The summed E-state index contributed by atoms with van der Waals surface area (Å²) in [4.78, 5) is 25.0. The summed E-state index contributed by atoms with van der Waals surface area (Å²) in [6.45, 7) is 5.16. The molecule has 12 heteroatoms. The lowest BCUT2D eigenvalue weighted by atomic mass is 10.1. The van der Waals surface area contributed by atoms with Gasteiger partial charge in [0.15, 0.2) is 0 Å². The van der Waals surface area contributed by atoms with E-state index < -0.39 is 45.4 Å². The third-order valence-electron chi connectivity index (χ3n) is 5.17. The Bertz CT molecular complexity index is 1390. The Balaban J connectivity index is 1.65. The molecule has 0 aliphatic heterocycles. The molecule has 0 bridgehead atoms. The number of carbonyl (C=O) groups is 2. The Labute approximate surface area is 224 Å². The fourth-order valence-corrected chi connectivity index (χ4v) is 4.46. The molecular formula is C27H28F3N3O5S. The molecule has 3 rings (SSSR count). The van der Waals surface area contributed by atoms with Gasteiger partial charge in [-0.15, -0.1) is 0 Å². The van der Waals surface area contributed by atoms with Gasteiger partial charge in [0, 0.05) is 17.8 Å². The van der Waals surface area contributed by atoms with Crippen molar-refractivity contribution in [3.63, 3.8) is 0 Å². The van der Waals surface area contributed by atoms with Gasteiger partial charge >= 0.3 is 18.2 Å². The summed E-state index contributed by atoms with van der Waals surface area (Å²) in [5.74, 6) is -0.602. The number of amides is 2.